The van der Waals surface area contributed by atoms with Crippen LogP contribution in [0, 0.1) is 0 Å². The Morgan fingerprint density at radius 2 is 2.17 bits per heavy atom. The van der Waals surface area contributed by atoms with Crippen LogP contribution in [0.15, 0.2) is 23.6 Å². The van der Waals surface area contributed by atoms with Gasteiger partial charge in [0, 0.05) is 23.9 Å². The van der Waals surface area contributed by atoms with Gasteiger partial charge in [-0.2, -0.15) is 0 Å². The Labute approximate surface area is 162 Å². The number of aromatic hydroxyl groups is 2. The van der Waals surface area contributed by atoms with Gasteiger partial charge in [0.15, 0.2) is 11.5 Å². The van der Waals surface area contributed by atoms with Crippen LogP contribution in [0.3, 0.4) is 0 Å². The van der Waals surface area contributed by atoms with Gasteiger partial charge in [-0.25, -0.2) is 0 Å². The number of hydrogen-bond donors (Lipinski definition) is 2. The standard InChI is InChI=1S/C18H22ClNO2S.BrH/c1-2-3-7-20-8-6-12-13(10-15(21)18(22)17(12)19)14(11-20)16-5-4-9-23-16;/h4-5,9-10,14,21-22H,2-3,6-8,11H2,1H3;1H. The van der Waals surface area contributed by atoms with Gasteiger partial charge in [0.25, 0.3) is 0 Å². The summed E-state index contributed by atoms with van der Waals surface area (Å²) in [4.78, 5) is 3.74. The van der Waals surface area contributed by atoms with Gasteiger partial charge >= 0.3 is 0 Å². The van der Waals surface area contributed by atoms with Crippen molar-refractivity contribution in [1.82, 2.24) is 4.90 Å². The Bertz CT molecular complexity index is 678. The first-order valence-corrected chi connectivity index (χ1v) is 9.36. The van der Waals surface area contributed by atoms with Gasteiger partial charge in [0.05, 0.1) is 5.02 Å². The maximum absolute atomic E-state index is 10.0. The van der Waals surface area contributed by atoms with E-state index in [4.69, 9.17) is 11.6 Å². The Balaban J connectivity index is 0.00000208. The number of rotatable bonds is 4. The number of hydrogen-bond acceptors (Lipinski definition) is 4. The number of phenolic OH excluding ortho intramolecular Hbond substituents is 2. The Morgan fingerprint density at radius 3 is 2.83 bits per heavy atom. The van der Waals surface area contributed by atoms with Crippen LogP contribution in [0.5, 0.6) is 11.5 Å². The Kier molecular flexibility index (Phi) is 6.99. The smallest absolute Gasteiger partial charge is 0.176 e. The second kappa shape index (κ2) is 8.56. The molecule has 0 aliphatic carbocycles. The molecule has 1 aromatic heterocycles. The van der Waals surface area contributed by atoms with Gasteiger partial charge in [0.2, 0.25) is 0 Å². The fourth-order valence-corrected chi connectivity index (χ4v) is 4.42. The molecule has 0 saturated heterocycles. The summed E-state index contributed by atoms with van der Waals surface area (Å²) in [5, 5.41) is 22.4. The average Bonchev–Trinajstić information content (AvgIpc) is 3.01. The van der Waals surface area contributed by atoms with Crippen LogP contribution in [-0.2, 0) is 6.42 Å². The molecule has 132 valence electrons. The number of halogens is 2. The van der Waals surface area contributed by atoms with E-state index in [-0.39, 0.29) is 34.4 Å². The van der Waals surface area contributed by atoms with Crippen molar-refractivity contribution in [1.29, 1.82) is 0 Å². The van der Waals surface area contributed by atoms with E-state index in [1.165, 1.54) is 17.7 Å². The molecule has 0 amide bonds. The molecule has 2 heterocycles. The van der Waals surface area contributed by atoms with Crippen molar-refractivity contribution in [3.63, 3.8) is 0 Å². The summed E-state index contributed by atoms with van der Waals surface area (Å²) in [7, 11) is 0. The summed E-state index contributed by atoms with van der Waals surface area (Å²) < 4.78 is 0. The quantitative estimate of drug-likeness (QED) is 0.654. The number of phenols is 2. The minimum absolute atomic E-state index is 0. The minimum atomic E-state index is -0.197. The third kappa shape index (κ3) is 3.90. The lowest BCUT2D eigenvalue weighted by molar-refractivity contribution is 0.273. The number of benzene rings is 1. The van der Waals surface area contributed by atoms with Crippen LogP contribution in [0.4, 0.5) is 0 Å². The first kappa shape index (κ1) is 19.6. The Morgan fingerprint density at radius 1 is 1.38 bits per heavy atom. The van der Waals surface area contributed by atoms with Crippen molar-refractivity contribution in [2.45, 2.75) is 32.1 Å². The highest BCUT2D eigenvalue weighted by Gasteiger charge is 2.28. The van der Waals surface area contributed by atoms with E-state index in [9.17, 15) is 10.2 Å². The van der Waals surface area contributed by atoms with Gasteiger partial charge in [-0.1, -0.05) is 31.0 Å². The second-order valence-electron chi connectivity index (χ2n) is 6.10. The first-order chi connectivity index (χ1) is 11.1. The molecule has 24 heavy (non-hydrogen) atoms. The lowest BCUT2D eigenvalue weighted by Gasteiger charge is -2.24. The fourth-order valence-electron chi connectivity index (χ4n) is 3.29. The molecule has 0 bridgehead atoms. The molecule has 0 saturated carbocycles. The zero-order chi connectivity index (χ0) is 16.4. The third-order valence-electron chi connectivity index (χ3n) is 4.56. The highest BCUT2D eigenvalue weighted by molar-refractivity contribution is 8.93. The first-order valence-electron chi connectivity index (χ1n) is 8.10. The number of fused-ring (bicyclic) bond motifs is 1. The minimum Gasteiger partial charge on any atom is -0.504 e. The van der Waals surface area contributed by atoms with E-state index in [0.717, 1.165) is 37.2 Å². The molecule has 2 aromatic rings. The molecule has 6 heteroatoms. The third-order valence-corrected chi connectivity index (χ3v) is 5.96. The molecular formula is C18H23BrClNO2S. The van der Waals surface area contributed by atoms with Crippen LogP contribution < -0.4 is 0 Å². The lowest BCUT2D eigenvalue weighted by Crippen LogP contribution is -2.29. The van der Waals surface area contributed by atoms with Crippen LogP contribution in [0.1, 0.15) is 41.7 Å². The van der Waals surface area contributed by atoms with Crippen molar-refractivity contribution in [2.24, 2.45) is 0 Å². The molecule has 3 nitrogen and oxygen atoms in total. The summed E-state index contributed by atoms with van der Waals surface area (Å²) in [6, 6.07) is 5.90. The molecule has 1 aromatic carbocycles. The molecule has 0 fully saturated rings. The van der Waals surface area contributed by atoms with Crippen molar-refractivity contribution in [2.75, 3.05) is 19.6 Å². The maximum Gasteiger partial charge on any atom is 0.176 e. The molecule has 1 unspecified atom stereocenters. The number of thiophene rings is 1. The highest BCUT2D eigenvalue weighted by atomic mass is 79.9. The predicted octanol–water partition coefficient (Wildman–Crippen LogP) is 5.18. The maximum atomic E-state index is 10.0. The molecule has 2 N–H and O–H groups in total. The Hall–Kier alpha value is -0.750. The van der Waals surface area contributed by atoms with Gasteiger partial charge in [-0.05, 0) is 48.0 Å². The van der Waals surface area contributed by atoms with E-state index in [2.05, 4.69) is 29.3 Å². The monoisotopic (exact) mass is 431 g/mol. The van der Waals surface area contributed by atoms with Gasteiger partial charge in [-0.3, -0.25) is 0 Å². The van der Waals surface area contributed by atoms with E-state index in [1.807, 2.05) is 0 Å². The summed E-state index contributed by atoms with van der Waals surface area (Å²) in [5.74, 6) is -0.136. The molecule has 1 atom stereocenters. The normalized spacial score (nSPS) is 17.8. The molecule has 0 radical (unpaired) electrons. The summed E-state index contributed by atoms with van der Waals surface area (Å²) in [6.45, 7) is 5.13. The zero-order valence-corrected chi connectivity index (χ0v) is 17.0. The van der Waals surface area contributed by atoms with E-state index < -0.39 is 0 Å². The van der Waals surface area contributed by atoms with E-state index in [0.29, 0.717) is 5.02 Å². The highest BCUT2D eigenvalue weighted by Crippen LogP contribution is 2.44. The van der Waals surface area contributed by atoms with Gasteiger partial charge < -0.3 is 15.1 Å². The zero-order valence-electron chi connectivity index (χ0n) is 13.7. The van der Waals surface area contributed by atoms with Gasteiger partial charge in [-0.15, -0.1) is 28.3 Å². The number of nitrogens with zero attached hydrogens (tertiary/aromatic N) is 1. The largest absolute Gasteiger partial charge is 0.504 e. The van der Waals surface area contributed by atoms with Gasteiger partial charge in [0.1, 0.15) is 0 Å². The van der Waals surface area contributed by atoms with E-state index in [1.54, 1.807) is 17.4 Å². The summed E-state index contributed by atoms with van der Waals surface area (Å²) >= 11 is 8.07. The molecular weight excluding hydrogens is 410 g/mol. The van der Waals surface area contributed by atoms with Crippen LogP contribution in [0.25, 0.3) is 0 Å². The van der Waals surface area contributed by atoms with Crippen molar-refractivity contribution < 1.29 is 10.2 Å². The van der Waals surface area contributed by atoms with Crippen LogP contribution in [-0.4, -0.2) is 34.7 Å². The summed E-state index contributed by atoms with van der Waals surface area (Å²) in [6.07, 6.45) is 3.15. The fraction of sp³-hybridized carbons (Fsp3) is 0.444. The lowest BCUT2D eigenvalue weighted by atomic mass is 9.92. The average molecular weight is 433 g/mol. The molecule has 0 spiro atoms. The van der Waals surface area contributed by atoms with Crippen LogP contribution >= 0.6 is 39.9 Å². The molecule has 3 rings (SSSR count). The predicted molar refractivity (Wildman–Crippen MR) is 106 cm³/mol. The summed E-state index contributed by atoms with van der Waals surface area (Å²) in [5.41, 5.74) is 2.02. The van der Waals surface area contributed by atoms with Crippen LogP contribution in [0.2, 0.25) is 5.02 Å². The van der Waals surface area contributed by atoms with Crippen molar-refractivity contribution in [3.05, 3.63) is 44.6 Å². The number of unbranched alkanes of at least 4 members (excludes halogenated alkanes) is 1. The van der Waals surface area contributed by atoms with Crippen molar-refractivity contribution >= 4 is 39.9 Å². The molecule has 1 aliphatic heterocycles. The topological polar surface area (TPSA) is 43.7 Å². The van der Waals surface area contributed by atoms with Crippen molar-refractivity contribution in [3.8, 4) is 11.5 Å². The van der Waals surface area contributed by atoms with E-state index >= 15 is 0 Å². The molecule has 1 aliphatic rings. The SMILES string of the molecule is Br.CCCCN1CCc2c(cc(O)c(O)c2Cl)C(c2cccs2)C1. The second-order valence-corrected chi connectivity index (χ2v) is 7.46.